The monoisotopic (exact) mass is 368 g/mol. The van der Waals surface area contributed by atoms with Crippen molar-refractivity contribution < 1.29 is 9.59 Å². The van der Waals surface area contributed by atoms with E-state index >= 15 is 0 Å². The Morgan fingerprint density at radius 1 is 1.22 bits per heavy atom. The van der Waals surface area contributed by atoms with Crippen molar-refractivity contribution in [1.82, 2.24) is 19.6 Å². The third-order valence-electron chi connectivity index (χ3n) is 5.15. The predicted octanol–water partition coefficient (Wildman–Crippen LogP) is 2.96. The largest absolute Gasteiger partial charge is 0.342 e. The number of rotatable bonds is 5. The minimum Gasteiger partial charge on any atom is -0.342 e. The third-order valence-corrected chi connectivity index (χ3v) is 5.15. The van der Waals surface area contributed by atoms with Gasteiger partial charge in [0.15, 0.2) is 0 Å². The number of carbonyl (C=O) groups is 2. The van der Waals surface area contributed by atoms with Gasteiger partial charge in [0, 0.05) is 31.4 Å². The molecular formula is C21H28N4O2. The highest BCUT2D eigenvalue weighted by molar-refractivity contribution is 5.98. The lowest BCUT2D eigenvalue weighted by Gasteiger charge is -2.39. The first-order chi connectivity index (χ1) is 12.9. The Morgan fingerprint density at radius 2 is 2.00 bits per heavy atom. The number of amides is 2. The lowest BCUT2D eigenvalue weighted by molar-refractivity contribution is -0.138. The first kappa shape index (κ1) is 19.1. The molecule has 1 aliphatic rings. The first-order valence-electron chi connectivity index (χ1n) is 9.62. The van der Waals surface area contributed by atoms with Gasteiger partial charge in [-0.2, -0.15) is 5.10 Å². The molecule has 1 unspecified atom stereocenters. The molecule has 6 heteroatoms. The molecule has 0 bridgehead atoms. The second-order valence-electron chi connectivity index (χ2n) is 7.31. The van der Waals surface area contributed by atoms with Gasteiger partial charge in [-0.1, -0.05) is 25.8 Å². The van der Waals surface area contributed by atoms with Gasteiger partial charge in [-0.15, -0.1) is 0 Å². The maximum absolute atomic E-state index is 13.2. The van der Waals surface area contributed by atoms with E-state index in [2.05, 4.69) is 12.0 Å². The van der Waals surface area contributed by atoms with Crippen LogP contribution in [-0.4, -0.2) is 57.6 Å². The number of aryl methyl sites for hydroxylation is 2. The average molecular weight is 368 g/mol. The summed E-state index contributed by atoms with van der Waals surface area (Å²) in [4.78, 5) is 29.3. The van der Waals surface area contributed by atoms with Crippen LogP contribution in [-0.2, 0) is 4.79 Å². The summed E-state index contributed by atoms with van der Waals surface area (Å²) in [5.41, 5.74) is 3.41. The van der Waals surface area contributed by atoms with E-state index < -0.39 is 0 Å². The average Bonchev–Trinajstić information content (AvgIpc) is 3.00. The zero-order chi connectivity index (χ0) is 19.6. The van der Waals surface area contributed by atoms with E-state index in [1.807, 2.05) is 55.9 Å². The molecule has 2 aromatic rings. The van der Waals surface area contributed by atoms with E-state index in [1.54, 1.807) is 9.80 Å². The summed E-state index contributed by atoms with van der Waals surface area (Å²) in [5.74, 6) is -0.0429. The van der Waals surface area contributed by atoms with E-state index in [4.69, 9.17) is 0 Å². The summed E-state index contributed by atoms with van der Waals surface area (Å²) >= 11 is 0. The van der Waals surface area contributed by atoms with Gasteiger partial charge in [0.25, 0.3) is 5.91 Å². The zero-order valence-corrected chi connectivity index (χ0v) is 16.6. The number of likely N-dealkylation sites (N-methyl/N-ethyl adjacent to an activating group) is 1. The molecule has 144 valence electrons. The molecule has 0 aliphatic carbocycles. The minimum absolute atomic E-state index is 0.0396. The summed E-state index contributed by atoms with van der Waals surface area (Å²) < 4.78 is 1.84. The predicted molar refractivity (Wildman–Crippen MR) is 105 cm³/mol. The fourth-order valence-electron chi connectivity index (χ4n) is 3.66. The molecular weight excluding hydrogens is 340 g/mol. The molecule has 1 saturated heterocycles. The van der Waals surface area contributed by atoms with Crippen LogP contribution in [0.1, 0.15) is 47.9 Å². The summed E-state index contributed by atoms with van der Waals surface area (Å²) in [7, 11) is 1.81. The van der Waals surface area contributed by atoms with E-state index in [0.29, 0.717) is 25.1 Å². The highest BCUT2D eigenvalue weighted by Gasteiger charge is 2.35. The quantitative estimate of drug-likeness (QED) is 0.815. The number of aromatic nitrogens is 2. The number of hydrogen-bond donors (Lipinski definition) is 0. The molecule has 27 heavy (non-hydrogen) atoms. The molecule has 3 rings (SSSR count). The maximum Gasteiger partial charge on any atom is 0.254 e. The third kappa shape index (κ3) is 3.89. The van der Waals surface area contributed by atoms with Crippen molar-refractivity contribution in [3.8, 4) is 5.69 Å². The van der Waals surface area contributed by atoms with E-state index in [0.717, 1.165) is 29.9 Å². The van der Waals surface area contributed by atoms with Gasteiger partial charge < -0.3 is 9.80 Å². The fraction of sp³-hybridized carbons (Fsp3) is 0.476. The van der Waals surface area contributed by atoms with Gasteiger partial charge in [0.2, 0.25) is 5.91 Å². The molecule has 1 fully saturated rings. The Hall–Kier alpha value is -2.63. The smallest absolute Gasteiger partial charge is 0.254 e. The van der Waals surface area contributed by atoms with Crippen LogP contribution in [0.25, 0.3) is 5.69 Å². The van der Waals surface area contributed by atoms with Crippen molar-refractivity contribution in [3.63, 3.8) is 0 Å². The number of unbranched alkanes of at least 4 members (excludes halogenated alkanes) is 1. The van der Waals surface area contributed by atoms with Gasteiger partial charge in [0.1, 0.15) is 6.04 Å². The standard InChI is InChI=1S/C21H28N4O2/c1-5-6-10-19-21(27)23(4)11-12-24(19)20(26)17-8-7-9-18(14-17)25-16(3)13-15(2)22-25/h7-9,13-14,19H,5-6,10-12H2,1-4H3. The number of carbonyl (C=O) groups excluding carboxylic acids is 2. The lowest BCUT2D eigenvalue weighted by Crippen LogP contribution is -2.57. The molecule has 1 aromatic heterocycles. The molecule has 2 heterocycles. The molecule has 0 N–H and O–H groups in total. The van der Waals surface area contributed by atoms with E-state index in [1.165, 1.54) is 0 Å². The normalized spacial score (nSPS) is 17.5. The minimum atomic E-state index is -0.367. The first-order valence-corrected chi connectivity index (χ1v) is 9.62. The van der Waals surface area contributed by atoms with Crippen LogP contribution in [0.5, 0.6) is 0 Å². The Morgan fingerprint density at radius 3 is 2.67 bits per heavy atom. The molecule has 6 nitrogen and oxygen atoms in total. The highest BCUT2D eigenvalue weighted by Crippen LogP contribution is 2.21. The Bertz CT molecular complexity index is 842. The summed E-state index contributed by atoms with van der Waals surface area (Å²) in [6.45, 7) is 7.19. The van der Waals surface area contributed by atoms with Gasteiger partial charge in [-0.25, -0.2) is 4.68 Å². The molecule has 0 spiro atoms. The Balaban J connectivity index is 1.89. The van der Waals surface area contributed by atoms with Crippen LogP contribution < -0.4 is 0 Å². The van der Waals surface area contributed by atoms with Crippen molar-refractivity contribution in [2.24, 2.45) is 0 Å². The van der Waals surface area contributed by atoms with Crippen LogP contribution in [0.3, 0.4) is 0 Å². The van der Waals surface area contributed by atoms with Gasteiger partial charge >= 0.3 is 0 Å². The molecule has 0 radical (unpaired) electrons. The zero-order valence-electron chi connectivity index (χ0n) is 16.6. The molecule has 0 saturated carbocycles. The topological polar surface area (TPSA) is 58.4 Å². The van der Waals surface area contributed by atoms with Crippen molar-refractivity contribution in [3.05, 3.63) is 47.3 Å². The van der Waals surface area contributed by atoms with Crippen molar-refractivity contribution in [2.75, 3.05) is 20.1 Å². The lowest BCUT2D eigenvalue weighted by atomic mass is 10.0. The molecule has 1 aromatic carbocycles. The second-order valence-corrected chi connectivity index (χ2v) is 7.31. The number of piperazine rings is 1. The molecule has 2 amide bonds. The van der Waals surface area contributed by atoms with Crippen LogP contribution in [0.4, 0.5) is 0 Å². The SMILES string of the molecule is CCCCC1C(=O)N(C)CCN1C(=O)c1cccc(-n2nc(C)cc2C)c1. The number of hydrogen-bond acceptors (Lipinski definition) is 3. The number of benzene rings is 1. The van der Waals surface area contributed by atoms with Gasteiger partial charge in [0.05, 0.1) is 11.4 Å². The van der Waals surface area contributed by atoms with E-state index in [9.17, 15) is 9.59 Å². The maximum atomic E-state index is 13.2. The number of nitrogens with zero attached hydrogens (tertiary/aromatic N) is 4. The summed E-state index contributed by atoms with van der Waals surface area (Å²) in [6.07, 6.45) is 2.64. The van der Waals surface area contributed by atoms with Gasteiger partial charge in [-0.3, -0.25) is 9.59 Å². The van der Waals surface area contributed by atoms with Crippen molar-refractivity contribution in [1.29, 1.82) is 0 Å². The van der Waals surface area contributed by atoms with Gasteiger partial charge in [-0.05, 0) is 44.5 Å². The molecule has 1 aliphatic heterocycles. The summed E-state index contributed by atoms with van der Waals surface area (Å²) in [6, 6.07) is 9.14. The van der Waals surface area contributed by atoms with Crippen LogP contribution in [0.15, 0.2) is 30.3 Å². The Kier molecular flexibility index (Phi) is 5.63. The second kappa shape index (κ2) is 7.94. The van der Waals surface area contributed by atoms with Crippen LogP contribution in [0.2, 0.25) is 0 Å². The Labute approximate surface area is 160 Å². The summed E-state index contributed by atoms with van der Waals surface area (Å²) in [5, 5.41) is 4.50. The highest BCUT2D eigenvalue weighted by atomic mass is 16.2. The van der Waals surface area contributed by atoms with Crippen LogP contribution >= 0.6 is 0 Å². The fourth-order valence-corrected chi connectivity index (χ4v) is 3.66. The van der Waals surface area contributed by atoms with E-state index in [-0.39, 0.29) is 17.9 Å². The van der Waals surface area contributed by atoms with Crippen molar-refractivity contribution >= 4 is 11.8 Å². The van der Waals surface area contributed by atoms with Crippen molar-refractivity contribution in [2.45, 2.75) is 46.1 Å². The van der Waals surface area contributed by atoms with Crippen LogP contribution in [0, 0.1) is 13.8 Å². The molecule has 1 atom stereocenters.